The lowest BCUT2D eigenvalue weighted by atomic mass is 10.1. The predicted octanol–water partition coefficient (Wildman–Crippen LogP) is 4.08. The molecule has 26 heavy (non-hydrogen) atoms. The summed E-state index contributed by atoms with van der Waals surface area (Å²) < 4.78 is 23.8. The molecule has 0 aliphatic carbocycles. The van der Waals surface area contributed by atoms with Gasteiger partial charge in [-0.25, -0.2) is 4.39 Å². The third-order valence-corrected chi connectivity index (χ3v) is 3.57. The molecule has 142 valence electrons. The summed E-state index contributed by atoms with van der Waals surface area (Å²) >= 11 is 0. The van der Waals surface area contributed by atoms with Gasteiger partial charge in [0.1, 0.15) is 5.82 Å². The van der Waals surface area contributed by atoms with Crippen molar-refractivity contribution in [3.63, 3.8) is 0 Å². The molecule has 0 spiro atoms. The average molecular weight is 473 g/mol. The molecule has 2 rings (SSSR count). The number of nitrogens with one attached hydrogen (secondary N) is 2. The van der Waals surface area contributed by atoms with E-state index in [1.165, 1.54) is 12.1 Å². The number of methoxy groups -OCH3 is 1. The van der Waals surface area contributed by atoms with Gasteiger partial charge in [-0.1, -0.05) is 12.1 Å². The molecule has 2 aromatic rings. The Morgan fingerprint density at radius 1 is 1.12 bits per heavy atom. The van der Waals surface area contributed by atoms with Crippen LogP contribution in [-0.4, -0.2) is 33.3 Å². The summed E-state index contributed by atoms with van der Waals surface area (Å²) in [5.41, 5.74) is 1.91. The summed E-state index contributed by atoms with van der Waals surface area (Å²) in [4.78, 5) is 4.21. The summed E-state index contributed by atoms with van der Waals surface area (Å²) in [6, 6.07) is 12.1. The monoisotopic (exact) mass is 473 g/mol. The van der Waals surface area contributed by atoms with Gasteiger partial charge in [0, 0.05) is 25.3 Å². The van der Waals surface area contributed by atoms with Crippen LogP contribution in [0.3, 0.4) is 0 Å². The van der Waals surface area contributed by atoms with Crippen LogP contribution in [0.25, 0.3) is 0 Å². The first-order valence-electron chi connectivity index (χ1n) is 8.19. The first kappa shape index (κ1) is 22.0. The van der Waals surface area contributed by atoms with Gasteiger partial charge in [0.2, 0.25) is 0 Å². The summed E-state index contributed by atoms with van der Waals surface area (Å²) in [7, 11) is 3.32. The number of hydrogen-bond acceptors (Lipinski definition) is 3. The molecule has 2 aromatic carbocycles. The van der Waals surface area contributed by atoms with Crippen molar-refractivity contribution in [1.29, 1.82) is 0 Å². The van der Waals surface area contributed by atoms with Gasteiger partial charge in [-0.05, 0) is 43.2 Å². The van der Waals surface area contributed by atoms with Crippen LogP contribution in [0, 0.1) is 5.82 Å². The highest BCUT2D eigenvalue weighted by atomic mass is 127. The fraction of sp³-hybridized carbons (Fsp3) is 0.316. The zero-order valence-electron chi connectivity index (χ0n) is 15.2. The second-order valence-electron chi connectivity index (χ2n) is 5.30. The van der Waals surface area contributed by atoms with E-state index in [9.17, 15) is 4.39 Å². The van der Waals surface area contributed by atoms with E-state index >= 15 is 0 Å². The number of benzene rings is 2. The first-order valence-corrected chi connectivity index (χ1v) is 8.19. The van der Waals surface area contributed by atoms with Crippen molar-refractivity contribution in [2.24, 2.45) is 4.99 Å². The van der Waals surface area contributed by atoms with E-state index in [1.807, 2.05) is 25.1 Å². The molecule has 0 radical (unpaired) electrons. The van der Waals surface area contributed by atoms with Crippen molar-refractivity contribution >= 4 is 35.6 Å². The normalized spacial score (nSPS) is 10.7. The predicted molar refractivity (Wildman–Crippen MR) is 115 cm³/mol. The maximum absolute atomic E-state index is 12.9. The SMILES string of the molecule is CCOc1cc(NC(=NC)NCCc2ccc(F)cc2)ccc1OC.I. The van der Waals surface area contributed by atoms with Gasteiger partial charge in [0.25, 0.3) is 0 Å². The zero-order valence-corrected chi connectivity index (χ0v) is 17.5. The van der Waals surface area contributed by atoms with Gasteiger partial charge >= 0.3 is 0 Å². The van der Waals surface area contributed by atoms with E-state index in [1.54, 1.807) is 26.3 Å². The van der Waals surface area contributed by atoms with Crippen molar-refractivity contribution in [2.75, 3.05) is 32.6 Å². The molecule has 0 saturated carbocycles. The zero-order chi connectivity index (χ0) is 18.1. The van der Waals surface area contributed by atoms with Gasteiger partial charge in [-0.3, -0.25) is 4.99 Å². The smallest absolute Gasteiger partial charge is 0.195 e. The number of aliphatic imine (C=N–C) groups is 1. The van der Waals surface area contributed by atoms with Crippen molar-refractivity contribution in [1.82, 2.24) is 5.32 Å². The largest absolute Gasteiger partial charge is 0.493 e. The lowest BCUT2D eigenvalue weighted by molar-refractivity contribution is 0.311. The van der Waals surface area contributed by atoms with E-state index in [-0.39, 0.29) is 29.8 Å². The third kappa shape index (κ3) is 6.70. The number of ether oxygens (including phenoxy) is 2. The van der Waals surface area contributed by atoms with Gasteiger partial charge in [-0.2, -0.15) is 0 Å². The van der Waals surface area contributed by atoms with E-state index in [0.29, 0.717) is 30.6 Å². The van der Waals surface area contributed by atoms with E-state index in [4.69, 9.17) is 9.47 Å². The molecule has 0 unspecified atom stereocenters. The van der Waals surface area contributed by atoms with E-state index < -0.39 is 0 Å². The average Bonchev–Trinajstić information content (AvgIpc) is 2.63. The summed E-state index contributed by atoms with van der Waals surface area (Å²) in [6.07, 6.45) is 0.772. The van der Waals surface area contributed by atoms with Gasteiger partial charge in [0.15, 0.2) is 17.5 Å². The quantitative estimate of drug-likeness (QED) is 0.362. The highest BCUT2D eigenvalue weighted by molar-refractivity contribution is 14.0. The Morgan fingerprint density at radius 3 is 2.46 bits per heavy atom. The molecule has 7 heteroatoms. The second-order valence-corrected chi connectivity index (χ2v) is 5.30. The molecule has 2 N–H and O–H groups in total. The molecular weight excluding hydrogens is 448 g/mol. The van der Waals surface area contributed by atoms with Crippen molar-refractivity contribution in [3.8, 4) is 11.5 Å². The maximum atomic E-state index is 12.9. The highest BCUT2D eigenvalue weighted by Gasteiger charge is 2.07. The number of guanidine groups is 1. The van der Waals surface area contributed by atoms with Crippen LogP contribution in [0.1, 0.15) is 12.5 Å². The molecule has 0 atom stereocenters. The standard InChI is InChI=1S/C19H24FN3O2.HI/c1-4-25-18-13-16(9-10-17(18)24-3)23-19(21-2)22-12-11-14-5-7-15(20)8-6-14;/h5-10,13H,4,11-12H2,1-3H3,(H2,21,22,23);1H. The minimum absolute atomic E-state index is 0. The number of rotatable bonds is 7. The first-order chi connectivity index (χ1) is 12.2. The Balaban J connectivity index is 0.00000338. The summed E-state index contributed by atoms with van der Waals surface area (Å²) in [5.74, 6) is 1.79. The lowest BCUT2D eigenvalue weighted by Crippen LogP contribution is -2.32. The van der Waals surface area contributed by atoms with Crippen molar-refractivity contribution < 1.29 is 13.9 Å². The highest BCUT2D eigenvalue weighted by Crippen LogP contribution is 2.30. The van der Waals surface area contributed by atoms with Gasteiger partial charge < -0.3 is 20.1 Å². The number of halogens is 2. The number of anilines is 1. The van der Waals surface area contributed by atoms with Crippen LogP contribution < -0.4 is 20.1 Å². The summed E-state index contributed by atoms with van der Waals surface area (Å²) in [5, 5.41) is 6.45. The van der Waals surface area contributed by atoms with Gasteiger partial charge in [-0.15, -0.1) is 24.0 Å². The van der Waals surface area contributed by atoms with Crippen LogP contribution in [0.5, 0.6) is 11.5 Å². The lowest BCUT2D eigenvalue weighted by Gasteiger charge is -2.14. The molecule has 0 aliphatic heterocycles. The minimum atomic E-state index is -0.223. The number of nitrogens with zero attached hydrogens (tertiary/aromatic N) is 1. The molecular formula is C19H25FIN3O2. The molecule has 0 heterocycles. The van der Waals surface area contributed by atoms with Crippen LogP contribution in [0.2, 0.25) is 0 Å². The number of hydrogen-bond donors (Lipinski definition) is 2. The van der Waals surface area contributed by atoms with Crippen LogP contribution in [0.15, 0.2) is 47.5 Å². The Bertz CT molecular complexity index is 708. The molecule has 0 aliphatic rings. The Labute approximate surface area is 171 Å². The second kappa shape index (κ2) is 11.6. The topological polar surface area (TPSA) is 54.9 Å². The molecule has 0 bridgehead atoms. The van der Waals surface area contributed by atoms with E-state index in [0.717, 1.165) is 17.7 Å². The maximum Gasteiger partial charge on any atom is 0.195 e. The van der Waals surface area contributed by atoms with Crippen LogP contribution in [0.4, 0.5) is 10.1 Å². The fourth-order valence-electron chi connectivity index (χ4n) is 2.31. The Kier molecular flexibility index (Phi) is 9.79. The van der Waals surface area contributed by atoms with Crippen molar-refractivity contribution in [3.05, 3.63) is 53.8 Å². The fourth-order valence-corrected chi connectivity index (χ4v) is 2.31. The van der Waals surface area contributed by atoms with Crippen LogP contribution in [-0.2, 0) is 6.42 Å². The van der Waals surface area contributed by atoms with Gasteiger partial charge in [0.05, 0.1) is 13.7 Å². The van der Waals surface area contributed by atoms with E-state index in [2.05, 4.69) is 15.6 Å². The van der Waals surface area contributed by atoms with Crippen molar-refractivity contribution in [2.45, 2.75) is 13.3 Å². The Hall–Kier alpha value is -2.03. The molecule has 0 amide bonds. The molecule has 0 aromatic heterocycles. The molecule has 5 nitrogen and oxygen atoms in total. The Morgan fingerprint density at radius 2 is 1.85 bits per heavy atom. The minimum Gasteiger partial charge on any atom is -0.493 e. The third-order valence-electron chi connectivity index (χ3n) is 3.57. The van der Waals surface area contributed by atoms with Crippen LogP contribution >= 0.6 is 24.0 Å². The molecule has 0 fully saturated rings. The summed E-state index contributed by atoms with van der Waals surface area (Å²) in [6.45, 7) is 3.17. The molecule has 0 saturated heterocycles.